The first-order chi connectivity index (χ1) is 9.24. The summed E-state index contributed by atoms with van der Waals surface area (Å²) in [6.07, 6.45) is 3.91. The zero-order valence-electron chi connectivity index (χ0n) is 11.2. The number of carbonyl (C=O) groups excluding carboxylic acids is 1. The van der Waals surface area contributed by atoms with E-state index in [1.54, 1.807) is 7.11 Å². The zero-order valence-corrected chi connectivity index (χ0v) is 12.0. The van der Waals surface area contributed by atoms with Crippen LogP contribution in [0.15, 0.2) is 11.4 Å². The number of methoxy groups -OCH3 is 1. The minimum absolute atomic E-state index is 0.00879. The summed E-state index contributed by atoms with van der Waals surface area (Å²) in [6, 6.07) is 2.18. The number of thiophene rings is 1. The van der Waals surface area contributed by atoms with Gasteiger partial charge in [0, 0.05) is 25.3 Å². The maximum atomic E-state index is 12.2. The molecule has 5 heteroatoms. The molecule has 0 aromatic carbocycles. The van der Waals surface area contributed by atoms with Gasteiger partial charge in [0.15, 0.2) is 0 Å². The Hall–Kier alpha value is -0.910. The molecule has 1 saturated carbocycles. The van der Waals surface area contributed by atoms with Gasteiger partial charge in [-0.2, -0.15) is 0 Å². The molecule has 0 bridgehead atoms. The lowest BCUT2D eigenvalue weighted by Gasteiger charge is -2.27. The van der Waals surface area contributed by atoms with Crippen LogP contribution in [-0.4, -0.2) is 30.8 Å². The highest BCUT2D eigenvalue weighted by atomic mass is 32.1. The third-order valence-corrected chi connectivity index (χ3v) is 4.65. The number of nitrogens with one attached hydrogen (secondary N) is 1. The Labute approximate surface area is 117 Å². The van der Waals surface area contributed by atoms with Crippen LogP contribution in [0.2, 0.25) is 0 Å². The lowest BCUT2D eigenvalue weighted by atomic mass is 9.86. The van der Waals surface area contributed by atoms with Gasteiger partial charge in [0.1, 0.15) is 0 Å². The van der Waals surface area contributed by atoms with E-state index < -0.39 is 0 Å². The number of hydrogen-bond donors (Lipinski definition) is 2. The first-order valence-electron chi connectivity index (χ1n) is 6.71. The van der Waals surface area contributed by atoms with Crippen LogP contribution < -0.4 is 5.32 Å². The van der Waals surface area contributed by atoms with Gasteiger partial charge >= 0.3 is 0 Å². The van der Waals surface area contributed by atoms with Crippen LogP contribution in [0.4, 0.5) is 0 Å². The van der Waals surface area contributed by atoms with Gasteiger partial charge in [-0.3, -0.25) is 4.79 Å². The standard InChI is InChI=1S/C14H21NO3S/c1-18-9-11-6-7-19-13(11)14(17)15-12-4-2-10(8-16)3-5-12/h6-7,10,12,16H,2-5,8-9H2,1H3,(H,15,17). The Balaban J connectivity index is 1.89. The monoisotopic (exact) mass is 283 g/mol. The molecule has 0 atom stereocenters. The van der Waals surface area contributed by atoms with E-state index >= 15 is 0 Å². The van der Waals surface area contributed by atoms with Crippen molar-refractivity contribution in [1.29, 1.82) is 0 Å². The van der Waals surface area contributed by atoms with E-state index in [9.17, 15) is 4.79 Å². The second-order valence-electron chi connectivity index (χ2n) is 5.08. The Kier molecular flexibility index (Phi) is 5.36. The van der Waals surface area contributed by atoms with Crippen molar-refractivity contribution in [3.8, 4) is 0 Å². The Morgan fingerprint density at radius 1 is 1.47 bits per heavy atom. The van der Waals surface area contributed by atoms with E-state index in [1.165, 1.54) is 11.3 Å². The summed E-state index contributed by atoms with van der Waals surface area (Å²) in [5.74, 6) is 0.424. The summed E-state index contributed by atoms with van der Waals surface area (Å²) < 4.78 is 5.09. The fourth-order valence-electron chi connectivity index (χ4n) is 2.54. The summed E-state index contributed by atoms with van der Waals surface area (Å²) in [5.41, 5.74) is 0.953. The van der Waals surface area contributed by atoms with Crippen molar-refractivity contribution in [1.82, 2.24) is 5.32 Å². The highest BCUT2D eigenvalue weighted by molar-refractivity contribution is 7.12. The van der Waals surface area contributed by atoms with E-state index in [2.05, 4.69) is 5.32 Å². The van der Waals surface area contributed by atoms with Crippen molar-refractivity contribution < 1.29 is 14.6 Å². The van der Waals surface area contributed by atoms with Crippen LogP contribution in [0.25, 0.3) is 0 Å². The average Bonchev–Trinajstić information content (AvgIpc) is 2.88. The second kappa shape index (κ2) is 7.03. The number of aliphatic hydroxyl groups is 1. The zero-order chi connectivity index (χ0) is 13.7. The molecule has 2 N–H and O–H groups in total. The molecule has 2 rings (SSSR count). The highest BCUT2D eigenvalue weighted by Crippen LogP contribution is 2.25. The summed E-state index contributed by atoms with van der Waals surface area (Å²) >= 11 is 1.46. The third kappa shape index (κ3) is 3.78. The van der Waals surface area contributed by atoms with Crippen molar-refractivity contribution in [2.75, 3.05) is 13.7 Å². The van der Waals surface area contributed by atoms with Gasteiger partial charge in [-0.15, -0.1) is 11.3 Å². The van der Waals surface area contributed by atoms with Crippen LogP contribution >= 0.6 is 11.3 Å². The quantitative estimate of drug-likeness (QED) is 0.870. The molecule has 1 fully saturated rings. The third-order valence-electron chi connectivity index (χ3n) is 3.69. The smallest absolute Gasteiger partial charge is 0.261 e. The minimum atomic E-state index is 0.00879. The van der Waals surface area contributed by atoms with Gasteiger partial charge in [-0.25, -0.2) is 0 Å². The summed E-state index contributed by atoms with van der Waals surface area (Å²) in [7, 11) is 1.63. The molecule has 0 spiro atoms. The molecular weight excluding hydrogens is 262 g/mol. The molecule has 1 aromatic rings. The SMILES string of the molecule is COCc1ccsc1C(=O)NC1CCC(CO)CC1. The van der Waals surface area contributed by atoms with Crippen molar-refractivity contribution in [3.05, 3.63) is 21.9 Å². The maximum Gasteiger partial charge on any atom is 0.261 e. The summed E-state index contributed by atoms with van der Waals surface area (Å²) in [5, 5.41) is 14.1. The number of rotatable bonds is 5. The van der Waals surface area contributed by atoms with E-state index in [4.69, 9.17) is 9.84 Å². The Bertz CT molecular complexity index is 411. The average molecular weight is 283 g/mol. The van der Waals surface area contributed by atoms with E-state index in [1.807, 2.05) is 11.4 Å². The van der Waals surface area contributed by atoms with Crippen molar-refractivity contribution in [3.63, 3.8) is 0 Å². The number of aliphatic hydroxyl groups excluding tert-OH is 1. The molecule has 19 heavy (non-hydrogen) atoms. The molecule has 0 radical (unpaired) electrons. The molecule has 0 aliphatic heterocycles. The Morgan fingerprint density at radius 2 is 2.21 bits per heavy atom. The second-order valence-corrected chi connectivity index (χ2v) is 6.00. The number of hydrogen-bond acceptors (Lipinski definition) is 4. The molecule has 106 valence electrons. The topological polar surface area (TPSA) is 58.6 Å². The first-order valence-corrected chi connectivity index (χ1v) is 7.59. The minimum Gasteiger partial charge on any atom is -0.396 e. The predicted molar refractivity (Wildman–Crippen MR) is 75.3 cm³/mol. The van der Waals surface area contributed by atoms with E-state index in [0.29, 0.717) is 12.5 Å². The molecule has 1 aromatic heterocycles. The summed E-state index contributed by atoms with van der Waals surface area (Å²) in [4.78, 5) is 13.0. The fourth-order valence-corrected chi connectivity index (χ4v) is 3.36. The van der Waals surface area contributed by atoms with Crippen LogP contribution in [0, 0.1) is 5.92 Å². The highest BCUT2D eigenvalue weighted by Gasteiger charge is 2.23. The molecular formula is C14H21NO3S. The van der Waals surface area contributed by atoms with Crippen LogP contribution in [0.1, 0.15) is 40.9 Å². The van der Waals surface area contributed by atoms with Crippen LogP contribution in [-0.2, 0) is 11.3 Å². The van der Waals surface area contributed by atoms with Gasteiger partial charge in [0.05, 0.1) is 11.5 Å². The predicted octanol–water partition coefficient (Wildman–Crippen LogP) is 2.18. The van der Waals surface area contributed by atoms with Gasteiger partial charge < -0.3 is 15.2 Å². The molecule has 0 saturated heterocycles. The van der Waals surface area contributed by atoms with Gasteiger partial charge in [-0.1, -0.05) is 0 Å². The van der Waals surface area contributed by atoms with Crippen molar-refractivity contribution in [2.24, 2.45) is 5.92 Å². The number of carbonyl (C=O) groups is 1. The molecule has 1 amide bonds. The largest absolute Gasteiger partial charge is 0.396 e. The Morgan fingerprint density at radius 3 is 2.84 bits per heavy atom. The van der Waals surface area contributed by atoms with E-state index in [0.717, 1.165) is 36.1 Å². The lowest BCUT2D eigenvalue weighted by Crippen LogP contribution is -2.38. The number of amides is 1. The fraction of sp³-hybridized carbons (Fsp3) is 0.643. The van der Waals surface area contributed by atoms with Crippen LogP contribution in [0.3, 0.4) is 0 Å². The lowest BCUT2D eigenvalue weighted by molar-refractivity contribution is 0.0914. The maximum absolute atomic E-state index is 12.2. The van der Waals surface area contributed by atoms with Crippen LogP contribution in [0.5, 0.6) is 0 Å². The van der Waals surface area contributed by atoms with Gasteiger partial charge in [-0.05, 0) is 43.0 Å². The van der Waals surface area contributed by atoms with E-state index in [-0.39, 0.29) is 18.6 Å². The van der Waals surface area contributed by atoms with Gasteiger partial charge in [0.25, 0.3) is 5.91 Å². The molecule has 1 heterocycles. The number of ether oxygens (including phenoxy) is 1. The molecule has 1 aliphatic rings. The normalized spacial score (nSPS) is 23.3. The van der Waals surface area contributed by atoms with Crippen molar-refractivity contribution >= 4 is 17.2 Å². The molecule has 1 aliphatic carbocycles. The van der Waals surface area contributed by atoms with Crippen molar-refractivity contribution in [2.45, 2.75) is 38.3 Å². The molecule has 0 unspecified atom stereocenters. The first kappa shape index (κ1) is 14.5. The van der Waals surface area contributed by atoms with Gasteiger partial charge in [0.2, 0.25) is 0 Å². The molecule has 4 nitrogen and oxygen atoms in total. The summed E-state index contributed by atoms with van der Waals surface area (Å²) in [6.45, 7) is 0.743.